The predicted octanol–water partition coefficient (Wildman–Crippen LogP) is 3.19. The van der Waals surface area contributed by atoms with Crippen LogP contribution in [0.1, 0.15) is 71.0 Å². The minimum Gasteiger partial charge on any atom is -0.339 e. The molecule has 4 nitrogen and oxygen atoms in total. The number of nitrogens with zero attached hydrogens (tertiary/aromatic N) is 2. The molecule has 2 N–H and O–H groups in total. The van der Waals surface area contributed by atoms with Crippen LogP contribution in [0.5, 0.6) is 0 Å². The molecule has 18 heavy (non-hydrogen) atoms. The molecule has 0 spiro atoms. The van der Waals surface area contributed by atoms with Crippen molar-refractivity contribution >= 4 is 0 Å². The lowest BCUT2D eigenvalue weighted by atomic mass is 9.77. The van der Waals surface area contributed by atoms with Gasteiger partial charge in [-0.15, -0.1) is 0 Å². The maximum Gasteiger partial charge on any atom is 0.229 e. The molecular formula is C14H25N3O. The summed E-state index contributed by atoms with van der Waals surface area (Å²) in [6.45, 7) is 8.72. The van der Waals surface area contributed by atoms with E-state index in [1.165, 1.54) is 0 Å². The van der Waals surface area contributed by atoms with Gasteiger partial charge in [-0.3, -0.25) is 0 Å². The monoisotopic (exact) mass is 251 g/mol. The van der Waals surface area contributed by atoms with Crippen LogP contribution in [0.4, 0.5) is 0 Å². The van der Waals surface area contributed by atoms with Gasteiger partial charge in [0.25, 0.3) is 0 Å². The van der Waals surface area contributed by atoms with Crippen LogP contribution in [-0.2, 0) is 5.54 Å². The van der Waals surface area contributed by atoms with Gasteiger partial charge in [0, 0.05) is 5.92 Å². The van der Waals surface area contributed by atoms with E-state index in [4.69, 9.17) is 10.3 Å². The Morgan fingerprint density at radius 2 is 1.89 bits per heavy atom. The number of hydrogen-bond donors (Lipinski definition) is 1. The third-order valence-electron chi connectivity index (χ3n) is 4.44. The molecule has 1 aromatic heterocycles. The van der Waals surface area contributed by atoms with Gasteiger partial charge in [-0.1, -0.05) is 32.9 Å². The van der Waals surface area contributed by atoms with E-state index in [1.54, 1.807) is 0 Å². The largest absolute Gasteiger partial charge is 0.339 e. The molecule has 2 rings (SSSR count). The van der Waals surface area contributed by atoms with Crippen LogP contribution in [0, 0.1) is 11.8 Å². The first-order valence-corrected chi connectivity index (χ1v) is 7.05. The third kappa shape index (κ3) is 2.58. The molecule has 0 aliphatic heterocycles. The summed E-state index contributed by atoms with van der Waals surface area (Å²) < 4.78 is 5.39. The van der Waals surface area contributed by atoms with Crippen molar-refractivity contribution in [3.8, 4) is 0 Å². The Kier molecular flexibility index (Phi) is 3.76. The highest BCUT2D eigenvalue weighted by Gasteiger charge is 2.36. The standard InChI is InChI=1S/C14H25N3O/c1-9(2)11(4)12-16-13(17-18-12)14(15)7-5-10(3)6-8-14/h9-11H,5-8,15H2,1-4H3. The fraction of sp³-hybridized carbons (Fsp3) is 0.857. The van der Waals surface area contributed by atoms with Crippen LogP contribution in [0.3, 0.4) is 0 Å². The van der Waals surface area contributed by atoms with Crippen molar-refractivity contribution in [1.29, 1.82) is 0 Å². The molecule has 0 radical (unpaired) electrons. The highest BCUT2D eigenvalue weighted by Crippen LogP contribution is 2.36. The molecule has 1 atom stereocenters. The molecule has 0 amide bonds. The minimum absolute atomic E-state index is 0.289. The SMILES string of the molecule is CC1CCC(N)(c2noc(C(C)C(C)C)n2)CC1. The van der Waals surface area contributed by atoms with Gasteiger partial charge in [-0.2, -0.15) is 4.98 Å². The Morgan fingerprint density at radius 3 is 2.44 bits per heavy atom. The molecule has 1 heterocycles. The van der Waals surface area contributed by atoms with Crippen molar-refractivity contribution in [2.75, 3.05) is 0 Å². The van der Waals surface area contributed by atoms with Gasteiger partial charge in [-0.05, 0) is 37.5 Å². The van der Waals surface area contributed by atoms with Gasteiger partial charge in [0.1, 0.15) is 0 Å². The summed E-state index contributed by atoms with van der Waals surface area (Å²) in [5, 5.41) is 4.13. The average Bonchev–Trinajstić information content (AvgIpc) is 2.82. The van der Waals surface area contributed by atoms with E-state index in [1.807, 2.05) is 0 Å². The average molecular weight is 251 g/mol. The number of rotatable bonds is 3. The lowest BCUT2D eigenvalue weighted by Crippen LogP contribution is -2.41. The predicted molar refractivity (Wildman–Crippen MR) is 71.0 cm³/mol. The second-order valence-electron chi connectivity index (χ2n) is 6.33. The van der Waals surface area contributed by atoms with E-state index >= 15 is 0 Å². The topological polar surface area (TPSA) is 64.9 Å². The zero-order valence-electron chi connectivity index (χ0n) is 11.9. The highest BCUT2D eigenvalue weighted by molar-refractivity contribution is 5.07. The van der Waals surface area contributed by atoms with Crippen LogP contribution < -0.4 is 5.73 Å². The highest BCUT2D eigenvalue weighted by atomic mass is 16.5. The van der Waals surface area contributed by atoms with E-state index in [2.05, 4.69) is 37.8 Å². The van der Waals surface area contributed by atoms with Crippen molar-refractivity contribution in [1.82, 2.24) is 10.1 Å². The van der Waals surface area contributed by atoms with E-state index < -0.39 is 0 Å². The molecule has 1 saturated carbocycles. The lowest BCUT2D eigenvalue weighted by molar-refractivity contribution is 0.229. The summed E-state index contributed by atoms with van der Waals surface area (Å²) in [5.74, 6) is 2.98. The van der Waals surface area contributed by atoms with Crippen molar-refractivity contribution in [2.24, 2.45) is 17.6 Å². The summed E-state index contributed by atoms with van der Waals surface area (Å²) >= 11 is 0. The minimum atomic E-state index is -0.370. The molecule has 0 aromatic carbocycles. The van der Waals surface area contributed by atoms with Crippen molar-refractivity contribution in [2.45, 2.75) is 64.8 Å². The Morgan fingerprint density at radius 1 is 1.28 bits per heavy atom. The Bertz CT molecular complexity index is 391. The molecule has 0 bridgehead atoms. The van der Waals surface area contributed by atoms with Crippen LogP contribution in [-0.4, -0.2) is 10.1 Å². The molecule has 4 heteroatoms. The lowest BCUT2D eigenvalue weighted by Gasteiger charge is -2.33. The Labute approximate surface area is 109 Å². The summed E-state index contributed by atoms with van der Waals surface area (Å²) in [4.78, 5) is 4.55. The van der Waals surface area contributed by atoms with Crippen molar-refractivity contribution in [3.05, 3.63) is 11.7 Å². The smallest absolute Gasteiger partial charge is 0.229 e. The zero-order chi connectivity index (χ0) is 13.3. The zero-order valence-corrected chi connectivity index (χ0v) is 11.9. The summed E-state index contributed by atoms with van der Waals surface area (Å²) in [6, 6.07) is 0. The van der Waals surface area contributed by atoms with Gasteiger partial charge < -0.3 is 10.3 Å². The maximum absolute atomic E-state index is 6.45. The van der Waals surface area contributed by atoms with Crippen LogP contribution >= 0.6 is 0 Å². The first-order valence-electron chi connectivity index (χ1n) is 7.05. The van der Waals surface area contributed by atoms with E-state index in [0.717, 1.165) is 37.5 Å². The van der Waals surface area contributed by atoms with E-state index in [-0.39, 0.29) is 11.5 Å². The van der Waals surface area contributed by atoms with Gasteiger partial charge in [-0.25, -0.2) is 0 Å². The Balaban J connectivity index is 2.14. The second-order valence-corrected chi connectivity index (χ2v) is 6.33. The quantitative estimate of drug-likeness (QED) is 0.896. The molecule has 1 aromatic rings. The third-order valence-corrected chi connectivity index (χ3v) is 4.44. The number of aromatic nitrogens is 2. The van der Waals surface area contributed by atoms with Crippen LogP contribution in [0.25, 0.3) is 0 Å². The van der Waals surface area contributed by atoms with Gasteiger partial charge in [0.2, 0.25) is 5.89 Å². The summed E-state index contributed by atoms with van der Waals surface area (Å²) in [6.07, 6.45) is 4.23. The summed E-state index contributed by atoms with van der Waals surface area (Å²) in [5.41, 5.74) is 6.08. The van der Waals surface area contributed by atoms with Crippen molar-refractivity contribution < 1.29 is 4.52 Å². The molecular weight excluding hydrogens is 226 g/mol. The maximum atomic E-state index is 6.45. The van der Waals surface area contributed by atoms with E-state index in [9.17, 15) is 0 Å². The normalized spacial score (nSPS) is 30.7. The molecule has 1 aliphatic carbocycles. The molecule has 102 valence electrons. The van der Waals surface area contributed by atoms with Crippen molar-refractivity contribution in [3.63, 3.8) is 0 Å². The van der Waals surface area contributed by atoms with Gasteiger partial charge in [0.05, 0.1) is 5.54 Å². The first-order chi connectivity index (χ1) is 8.42. The summed E-state index contributed by atoms with van der Waals surface area (Å²) in [7, 11) is 0. The number of nitrogens with two attached hydrogens (primary N) is 1. The fourth-order valence-electron chi connectivity index (χ4n) is 2.41. The van der Waals surface area contributed by atoms with Gasteiger partial charge in [0.15, 0.2) is 5.82 Å². The molecule has 1 unspecified atom stereocenters. The number of hydrogen-bond acceptors (Lipinski definition) is 4. The Hall–Kier alpha value is -0.900. The fourth-order valence-corrected chi connectivity index (χ4v) is 2.41. The molecule has 1 aliphatic rings. The van der Waals surface area contributed by atoms with E-state index in [0.29, 0.717) is 11.7 Å². The molecule has 0 saturated heterocycles. The van der Waals surface area contributed by atoms with Gasteiger partial charge >= 0.3 is 0 Å². The van der Waals surface area contributed by atoms with Crippen LogP contribution in [0.2, 0.25) is 0 Å². The first kappa shape index (κ1) is 13.5. The second kappa shape index (κ2) is 5.00. The molecule has 1 fully saturated rings. The van der Waals surface area contributed by atoms with Crippen LogP contribution in [0.15, 0.2) is 4.52 Å².